The van der Waals surface area contributed by atoms with Crippen molar-refractivity contribution < 1.29 is 4.79 Å². The topological polar surface area (TPSA) is 72.9 Å². The second kappa shape index (κ2) is 6.56. The first-order chi connectivity index (χ1) is 9.61. The van der Waals surface area contributed by atoms with Gasteiger partial charge in [-0.3, -0.25) is 4.79 Å². The number of anilines is 1. The first-order valence-electron chi connectivity index (χ1n) is 6.75. The zero-order valence-corrected chi connectivity index (χ0v) is 12.6. The molecular weight excluding hydrogens is 272 g/mol. The van der Waals surface area contributed by atoms with Gasteiger partial charge in [0.25, 0.3) is 5.91 Å². The molecule has 20 heavy (non-hydrogen) atoms. The summed E-state index contributed by atoms with van der Waals surface area (Å²) in [6.07, 6.45) is 4.55. The maximum atomic E-state index is 12.2. The predicted molar refractivity (Wildman–Crippen MR) is 82.0 cm³/mol. The summed E-state index contributed by atoms with van der Waals surface area (Å²) in [6.45, 7) is 5.49. The van der Waals surface area contributed by atoms with Crippen molar-refractivity contribution in [3.05, 3.63) is 34.5 Å². The Morgan fingerprint density at radius 2 is 2.40 bits per heavy atom. The summed E-state index contributed by atoms with van der Waals surface area (Å²) in [5.74, 6) is 0.129. The molecule has 2 aromatic heterocycles. The van der Waals surface area contributed by atoms with Gasteiger partial charge in [-0.05, 0) is 12.5 Å². The maximum Gasteiger partial charge on any atom is 0.268 e. The maximum absolute atomic E-state index is 12.2. The van der Waals surface area contributed by atoms with Crippen LogP contribution in [0, 0.1) is 0 Å². The number of carbonyl (C=O) groups is 1. The number of nitrogens with one attached hydrogen (secondary N) is 1. The molecule has 2 rings (SSSR count). The summed E-state index contributed by atoms with van der Waals surface area (Å²) in [4.78, 5) is 16.5. The van der Waals surface area contributed by atoms with Crippen molar-refractivity contribution in [1.82, 2.24) is 14.9 Å². The molecule has 0 saturated carbocycles. The summed E-state index contributed by atoms with van der Waals surface area (Å²) in [5.41, 5.74) is 7.01. The second-order valence-corrected chi connectivity index (χ2v) is 5.76. The standard InChI is InChI=1S/C14H20N4OS/c1-3-5-18-9-11(15)7-12(18)13(19)17-8-10(2)14-16-4-6-20-14/h4,6-7,9-10H,3,5,8,15H2,1-2H3,(H,17,19). The third-order valence-corrected chi connectivity index (χ3v) is 4.06. The van der Waals surface area contributed by atoms with E-state index < -0.39 is 0 Å². The van der Waals surface area contributed by atoms with Gasteiger partial charge < -0.3 is 15.6 Å². The van der Waals surface area contributed by atoms with E-state index in [0.29, 0.717) is 17.9 Å². The second-order valence-electron chi connectivity index (χ2n) is 4.83. The van der Waals surface area contributed by atoms with Crippen LogP contribution in [-0.2, 0) is 6.54 Å². The van der Waals surface area contributed by atoms with E-state index in [-0.39, 0.29) is 11.8 Å². The van der Waals surface area contributed by atoms with Gasteiger partial charge in [0.2, 0.25) is 0 Å². The molecule has 0 aliphatic carbocycles. The van der Waals surface area contributed by atoms with Gasteiger partial charge in [0.15, 0.2) is 0 Å². The lowest BCUT2D eigenvalue weighted by atomic mass is 10.2. The lowest BCUT2D eigenvalue weighted by Crippen LogP contribution is -2.29. The number of nitrogens with two attached hydrogens (primary N) is 1. The summed E-state index contributed by atoms with van der Waals surface area (Å²) in [7, 11) is 0. The van der Waals surface area contributed by atoms with Crippen molar-refractivity contribution in [1.29, 1.82) is 0 Å². The molecule has 0 spiro atoms. The number of nitrogens with zero attached hydrogens (tertiary/aromatic N) is 2. The molecule has 108 valence electrons. The Bertz CT molecular complexity index is 562. The molecule has 5 nitrogen and oxygen atoms in total. The SMILES string of the molecule is CCCn1cc(N)cc1C(=O)NCC(C)c1nccs1. The molecule has 0 saturated heterocycles. The van der Waals surface area contributed by atoms with Gasteiger partial charge in [0, 0.05) is 36.8 Å². The van der Waals surface area contributed by atoms with Crippen LogP contribution >= 0.6 is 11.3 Å². The molecule has 1 atom stereocenters. The normalized spacial score (nSPS) is 12.3. The zero-order valence-electron chi connectivity index (χ0n) is 11.8. The number of carbonyl (C=O) groups excluding carboxylic acids is 1. The average Bonchev–Trinajstić information content (AvgIpc) is 3.05. The van der Waals surface area contributed by atoms with E-state index in [1.807, 2.05) is 16.1 Å². The third-order valence-electron chi connectivity index (χ3n) is 3.06. The molecule has 1 amide bonds. The Balaban J connectivity index is 1.98. The Morgan fingerprint density at radius 3 is 3.05 bits per heavy atom. The van der Waals surface area contributed by atoms with E-state index in [4.69, 9.17) is 5.73 Å². The first kappa shape index (κ1) is 14.6. The Labute approximate surface area is 122 Å². The highest BCUT2D eigenvalue weighted by atomic mass is 32.1. The summed E-state index contributed by atoms with van der Waals surface area (Å²) in [5, 5.41) is 5.93. The number of aryl methyl sites for hydroxylation is 1. The monoisotopic (exact) mass is 292 g/mol. The van der Waals surface area contributed by atoms with Crippen LogP contribution in [0.5, 0.6) is 0 Å². The fraction of sp³-hybridized carbons (Fsp3) is 0.429. The van der Waals surface area contributed by atoms with E-state index in [1.165, 1.54) is 0 Å². The number of thiazole rings is 1. The van der Waals surface area contributed by atoms with Gasteiger partial charge in [-0.1, -0.05) is 13.8 Å². The Kier molecular flexibility index (Phi) is 4.79. The number of rotatable bonds is 6. The molecule has 2 heterocycles. The highest BCUT2D eigenvalue weighted by molar-refractivity contribution is 7.09. The molecule has 2 aromatic rings. The van der Waals surface area contributed by atoms with Gasteiger partial charge in [-0.25, -0.2) is 4.98 Å². The predicted octanol–water partition coefficient (Wildman–Crippen LogP) is 2.47. The minimum absolute atomic E-state index is 0.0847. The number of nitrogen functional groups attached to an aromatic ring is 1. The molecular formula is C14H20N4OS. The van der Waals surface area contributed by atoms with Crippen LogP contribution in [-0.4, -0.2) is 22.0 Å². The van der Waals surface area contributed by atoms with Crippen LogP contribution in [0.3, 0.4) is 0 Å². The number of aromatic nitrogens is 2. The lowest BCUT2D eigenvalue weighted by Gasteiger charge is -2.11. The zero-order chi connectivity index (χ0) is 14.5. The Hall–Kier alpha value is -1.82. The van der Waals surface area contributed by atoms with E-state index in [2.05, 4.69) is 24.1 Å². The molecule has 0 aliphatic heterocycles. The quantitative estimate of drug-likeness (QED) is 0.859. The van der Waals surface area contributed by atoms with Crippen molar-refractivity contribution in [2.75, 3.05) is 12.3 Å². The lowest BCUT2D eigenvalue weighted by molar-refractivity contribution is 0.0942. The van der Waals surface area contributed by atoms with Crippen molar-refractivity contribution >= 4 is 22.9 Å². The molecule has 6 heteroatoms. The molecule has 0 aliphatic rings. The van der Waals surface area contributed by atoms with Gasteiger partial charge in [-0.2, -0.15) is 0 Å². The third kappa shape index (κ3) is 3.39. The van der Waals surface area contributed by atoms with Crippen molar-refractivity contribution in [2.45, 2.75) is 32.7 Å². The molecule has 0 fully saturated rings. The van der Waals surface area contributed by atoms with Crippen LogP contribution < -0.4 is 11.1 Å². The average molecular weight is 292 g/mol. The van der Waals surface area contributed by atoms with Crippen LogP contribution in [0.4, 0.5) is 5.69 Å². The summed E-state index contributed by atoms with van der Waals surface area (Å²) >= 11 is 1.61. The molecule has 0 bridgehead atoms. The van der Waals surface area contributed by atoms with E-state index >= 15 is 0 Å². The van der Waals surface area contributed by atoms with Crippen molar-refractivity contribution in [3.8, 4) is 0 Å². The smallest absolute Gasteiger partial charge is 0.268 e. The molecule has 0 aromatic carbocycles. The molecule has 3 N–H and O–H groups in total. The highest BCUT2D eigenvalue weighted by Gasteiger charge is 2.14. The molecule has 0 radical (unpaired) electrons. The highest BCUT2D eigenvalue weighted by Crippen LogP contribution is 2.17. The van der Waals surface area contributed by atoms with E-state index in [1.54, 1.807) is 23.6 Å². The number of amides is 1. The van der Waals surface area contributed by atoms with Gasteiger partial charge >= 0.3 is 0 Å². The Morgan fingerprint density at radius 1 is 1.60 bits per heavy atom. The van der Waals surface area contributed by atoms with Crippen LogP contribution in [0.1, 0.15) is 41.7 Å². The van der Waals surface area contributed by atoms with Crippen molar-refractivity contribution in [3.63, 3.8) is 0 Å². The number of hydrogen-bond donors (Lipinski definition) is 2. The molecule has 1 unspecified atom stereocenters. The van der Waals surface area contributed by atoms with E-state index in [0.717, 1.165) is 18.0 Å². The number of hydrogen-bond acceptors (Lipinski definition) is 4. The first-order valence-corrected chi connectivity index (χ1v) is 7.63. The summed E-state index contributed by atoms with van der Waals surface area (Å²) < 4.78 is 1.90. The largest absolute Gasteiger partial charge is 0.397 e. The van der Waals surface area contributed by atoms with Gasteiger partial charge in [0.1, 0.15) is 5.69 Å². The van der Waals surface area contributed by atoms with Crippen LogP contribution in [0.15, 0.2) is 23.8 Å². The van der Waals surface area contributed by atoms with E-state index in [9.17, 15) is 4.79 Å². The van der Waals surface area contributed by atoms with Gasteiger partial charge in [-0.15, -0.1) is 11.3 Å². The fourth-order valence-electron chi connectivity index (χ4n) is 2.05. The van der Waals surface area contributed by atoms with Crippen LogP contribution in [0.25, 0.3) is 0 Å². The fourth-order valence-corrected chi connectivity index (χ4v) is 2.75. The van der Waals surface area contributed by atoms with Gasteiger partial charge in [0.05, 0.1) is 10.7 Å². The minimum Gasteiger partial charge on any atom is -0.397 e. The minimum atomic E-state index is -0.0847. The summed E-state index contributed by atoms with van der Waals surface area (Å²) in [6, 6.07) is 1.72. The van der Waals surface area contributed by atoms with Crippen LogP contribution in [0.2, 0.25) is 0 Å². The van der Waals surface area contributed by atoms with Crippen molar-refractivity contribution in [2.24, 2.45) is 0 Å².